The van der Waals surface area contributed by atoms with Crippen LogP contribution < -0.4 is 5.32 Å². The maximum atomic E-state index is 11.9. The summed E-state index contributed by atoms with van der Waals surface area (Å²) in [5.74, 6) is 0.0894. The summed E-state index contributed by atoms with van der Waals surface area (Å²) in [5.41, 5.74) is 4.46. The lowest BCUT2D eigenvalue weighted by Gasteiger charge is -2.04. The molecule has 114 valence electrons. The van der Waals surface area contributed by atoms with Crippen LogP contribution in [0.15, 0.2) is 36.4 Å². The molecule has 0 radical (unpaired) electrons. The molecule has 0 bridgehead atoms. The average molecular weight is 294 g/mol. The quantitative estimate of drug-likeness (QED) is 0.682. The van der Waals surface area contributed by atoms with E-state index < -0.39 is 0 Å². The van der Waals surface area contributed by atoms with Gasteiger partial charge in [0.2, 0.25) is 5.91 Å². The molecule has 1 aromatic heterocycles. The number of anilines is 1. The molecule has 0 atom stereocenters. The Hall–Kier alpha value is -2.29. The maximum Gasteiger partial charge on any atom is 0.224 e. The van der Waals surface area contributed by atoms with Gasteiger partial charge in [-0.1, -0.05) is 44.5 Å². The fraction of sp³-hybridized carbons (Fsp3) is 0.316. The van der Waals surface area contributed by atoms with Crippen LogP contribution in [0.2, 0.25) is 0 Å². The fourth-order valence-electron chi connectivity index (χ4n) is 2.92. The number of benzene rings is 2. The summed E-state index contributed by atoms with van der Waals surface area (Å²) in [6.45, 7) is 4.26. The van der Waals surface area contributed by atoms with Crippen molar-refractivity contribution in [3.8, 4) is 0 Å². The molecule has 1 amide bonds. The molecule has 0 fully saturated rings. The standard InChI is InChI=1S/C19H22N2O/c1-3-5-9-18(22)20-14-10-11-15-16-8-6-7-13(4-2)19(16)21-17(15)12-14/h6-8,10-12,21H,3-5,9H2,1-2H3,(H,20,22). The summed E-state index contributed by atoms with van der Waals surface area (Å²) in [7, 11) is 0. The van der Waals surface area contributed by atoms with Crippen molar-refractivity contribution in [1.82, 2.24) is 4.98 Å². The van der Waals surface area contributed by atoms with Crippen LogP contribution in [0.3, 0.4) is 0 Å². The van der Waals surface area contributed by atoms with Gasteiger partial charge in [-0.15, -0.1) is 0 Å². The molecule has 0 aliphatic heterocycles. The minimum absolute atomic E-state index is 0.0894. The summed E-state index contributed by atoms with van der Waals surface area (Å²) >= 11 is 0. The first-order valence-electron chi connectivity index (χ1n) is 8.06. The normalized spacial score (nSPS) is 11.2. The predicted octanol–water partition coefficient (Wildman–Crippen LogP) is 5.01. The lowest BCUT2D eigenvalue weighted by atomic mass is 10.1. The Morgan fingerprint density at radius 3 is 2.77 bits per heavy atom. The van der Waals surface area contributed by atoms with E-state index in [4.69, 9.17) is 0 Å². The molecule has 3 rings (SSSR count). The Morgan fingerprint density at radius 2 is 2.00 bits per heavy atom. The number of aromatic amines is 1. The number of hydrogen-bond acceptors (Lipinski definition) is 1. The first-order valence-corrected chi connectivity index (χ1v) is 8.06. The molecule has 2 N–H and O–H groups in total. The van der Waals surface area contributed by atoms with Gasteiger partial charge in [0.15, 0.2) is 0 Å². The second kappa shape index (κ2) is 6.22. The largest absolute Gasteiger partial charge is 0.354 e. The molecule has 0 saturated carbocycles. The predicted molar refractivity (Wildman–Crippen MR) is 93.3 cm³/mol. The van der Waals surface area contributed by atoms with Crippen molar-refractivity contribution < 1.29 is 4.79 Å². The Morgan fingerprint density at radius 1 is 1.14 bits per heavy atom. The first-order chi connectivity index (χ1) is 10.7. The van der Waals surface area contributed by atoms with Crippen LogP contribution in [0, 0.1) is 0 Å². The molecular formula is C19H22N2O. The molecule has 1 heterocycles. The number of amides is 1. The lowest BCUT2D eigenvalue weighted by molar-refractivity contribution is -0.116. The van der Waals surface area contributed by atoms with E-state index in [1.807, 2.05) is 12.1 Å². The van der Waals surface area contributed by atoms with Gasteiger partial charge >= 0.3 is 0 Å². The molecule has 22 heavy (non-hydrogen) atoms. The molecule has 3 heteroatoms. The molecule has 0 aliphatic carbocycles. The van der Waals surface area contributed by atoms with E-state index >= 15 is 0 Å². The van der Waals surface area contributed by atoms with E-state index in [9.17, 15) is 4.79 Å². The van der Waals surface area contributed by atoms with Crippen molar-refractivity contribution in [1.29, 1.82) is 0 Å². The molecular weight excluding hydrogens is 272 g/mol. The molecule has 0 aliphatic rings. The third kappa shape index (κ3) is 2.71. The van der Waals surface area contributed by atoms with E-state index in [1.165, 1.54) is 21.9 Å². The SMILES string of the molecule is CCCCC(=O)Nc1ccc2c(c1)[nH]c1c(CC)cccc12. The summed E-state index contributed by atoms with van der Waals surface area (Å²) < 4.78 is 0. The van der Waals surface area contributed by atoms with Gasteiger partial charge in [-0.25, -0.2) is 0 Å². The molecule has 0 unspecified atom stereocenters. The second-order valence-electron chi connectivity index (χ2n) is 5.73. The minimum Gasteiger partial charge on any atom is -0.354 e. The molecule has 2 aromatic carbocycles. The van der Waals surface area contributed by atoms with Crippen molar-refractivity contribution >= 4 is 33.4 Å². The van der Waals surface area contributed by atoms with Crippen LogP contribution in [-0.2, 0) is 11.2 Å². The van der Waals surface area contributed by atoms with Crippen molar-refractivity contribution in [2.24, 2.45) is 0 Å². The Labute approximate surface area is 130 Å². The van der Waals surface area contributed by atoms with Crippen LogP contribution in [-0.4, -0.2) is 10.9 Å². The van der Waals surface area contributed by atoms with Crippen LogP contribution in [0.5, 0.6) is 0 Å². The van der Waals surface area contributed by atoms with E-state index in [0.29, 0.717) is 6.42 Å². The molecule has 3 nitrogen and oxygen atoms in total. The molecule has 0 saturated heterocycles. The minimum atomic E-state index is 0.0894. The van der Waals surface area contributed by atoms with E-state index in [0.717, 1.165) is 30.5 Å². The van der Waals surface area contributed by atoms with Crippen molar-refractivity contribution in [3.05, 3.63) is 42.0 Å². The number of fused-ring (bicyclic) bond motifs is 3. The van der Waals surface area contributed by atoms with Gasteiger partial charge in [0.05, 0.1) is 0 Å². The fourth-order valence-corrected chi connectivity index (χ4v) is 2.92. The van der Waals surface area contributed by atoms with E-state index in [-0.39, 0.29) is 5.91 Å². The van der Waals surface area contributed by atoms with Gasteiger partial charge in [0.1, 0.15) is 0 Å². The zero-order chi connectivity index (χ0) is 15.5. The number of unbranched alkanes of at least 4 members (excludes halogenated alkanes) is 1. The Balaban J connectivity index is 1.96. The highest BCUT2D eigenvalue weighted by atomic mass is 16.1. The number of nitrogens with one attached hydrogen (secondary N) is 2. The van der Waals surface area contributed by atoms with Gasteiger partial charge in [-0.05, 0) is 30.5 Å². The monoisotopic (exact) mass is 294 g/mol. The number of para-hydroxylation sites is 1. The zero-order valence-electron chi connectivity index (χ0n) is 13.2. The third-order valence-electron chi connectivity index (χ3n) is 4.14. The lowest BCUT2D eigenvalue weighted by Crippen LogP contribution is -2.10. The maximum absolute atomic E-state index is 11.9. The zero-order valence-corrected chi connectivity index (χ0v) is 13.2. The Kier molecular flexibility index (Phi) is 4.14. The van der Waals surface area contributed by atoms with Crippen molar-refractivity contribution in [2.45, 2.75) is 39.5 Å². The second-order valence-corrected chi connectivity index (χ2v) is 5.73. The third-order valence-corrected chi connectivity index (χ3v) is 4.14. The number of aryl methyl sites for hydroxylation is 1. The summed E-state index contributed by atoms with van der Waals surface area (Å²) in [6, 6.07) is 12.5. The van der Waals surface area contributed by atoms with Crippen LogP contribution in [0.25, 0.3) is 21.8 Å². The van der Waals surface area contributed by atoms with Crippen molar-refractivity contribution in [3.63, 3.8) is 0 Å². The topological polar surface area (TPSA) is 44.9 Å². The molecule has 0 spiro atoms. The van der Waals surface area contributed by atoms with Crippen LogP contribution >= 0.6 is 0 Å². The number of H-pyrrole nitrogens is 1. The Bertz CT molecular complexity index is 817. The number of hydrogen-bond donors (Lipinski definition) is 2. The van der Waals surface area contributed by atoms with Crippen molar-refractivity contribution in [2.75, 3.05) is 5.32 Å². The van der Waals surface area contributed by atoms with Gasteiger partial charge in [-0.3, -0.25) is 4.79 Å². The van der Waals surface area contributed by atoms with Crippen LogP contribution in [0.4, 0.5) is 5.69 Å². The number of carbonyl (C=O) groups excluding carboxylic acids is 1. The van der Waals surface area contributed by atoms with Gasteiger partial charge in [0.25, 0.3) is 0 Å². The molecule has 3 aromatic rings. The van der Waals surface area contributed by atoms with E-state index in [2.05, 4.69) is 48.4 Å². The van der Waals surface area contributed by atoms with Crippen LogP contribution in [0.1, 0.15) is 38.7 Å². The number of aromatic nitrogens is 1. The number of carbonyl (C=O) groups is 1. The van der Waals surface area contributed by atoms with Gasteiger partial charge in [0, 0.05) is 33.9 Å². The highest BCUT2D eigenvalue weighted by Gasteiger charge is 2.08. The smallest absolute Gasteiger partial charge is 0.224 e. The van der Waals surface area contributed by atoms with E-state index in [1.54, 1.807) is 0 Å². The summed E-state index contributed by atoms with van der Waals surface area (Å²) in [5, 5.41) is 5.44. The van der Waals surface area contributed by atoms with Gasteiger partial charge < -0.3 is 10.3 Å². The number of rotatable bonds is 5. The summed E-state index contributed by atoms with van der Waals surface area (Å²) in [4.78, 5) is 15.4. The van der Waals surface area contributed by atoms with Gasteiger partial charge in [-0.2, -0.15) is 0 Å². The first kappa shape index (κ1) is 14.6. The average Bonchev–Trinajstić information content (AvgIpc) is 2.90. The summed E-state index contributed by atoms with van der Waals surface area (Å²) in [6.07, 6.45) is 3.56. The highest BCUT2D eigenvalue weighted by molar-refractivity contribution is 6.09. The highest BCUT2D eigenvalue weighted by Crippen LogP contribution is 2.29.